The molecule has 0 spiro atoms. The van der Waals surface area contributed by atoms with E-state index in [1.54, 1.807) is 0 Å². The Balaban J connectivity index is 1.61. The molecule has 0 saturated carbocycles. The van der Waals surface area contributed by atoms with Gasteiger partial charge >= 0.3 is 5.69 Å². The van der Waals surface area contributed by atoms with Crippen molar-refractivity contribution >= 4 is 11.0 Å². The number of aromatic amines is 2. The van der Waals surface area contributed by atoms with Crippen LogP contribution in [0.2, 0.25) is 0 Å². The van der Waals surface area contributed by atoms with Gasteiger partial charge in [0.25, 0.3) is 0 Å². The summed E-state index contributed by atoms with van der Waals surface area (Å²) < 4.78 is 7.39. The lowest BCUT2D eigenvalue weighted by Crippen LogP contribution is -2.29. The number of nitrogens with one attached hydrogen (secondary N) is 2. The fourth-order valence-corrected chi connectivity index (χ4v) is 4.68. The molecule has 2 N–H and O–H groups in total. The number of nitrogens with zero attached hydrogens (tertiary/aromatic N) is 6. The summed E-state index contributed by atoms with van der Waals surface area (Å²) in [6.07, 6.45) is 0. The van der Waals surface area contributed by atoms with Gasteiger partial charge in [-0.2, -0.15) is 10.2 Å². The summed E-state index contributed by atoms with van der Waals surface area (Å²) in [5, 5.41) is 19.6. The summed E-state index contributed by atoms with van der Waals surface area (Å²) >= 11 is 0. The van der Waals surface area contributed by atoms with E-state index in [9.17, 15) is 4.79 Å². The molecule has 1 aromatic carbocycles. The van der Waals surface area contributed by atoms with E-state index in [1.165, 1.54) is 0 Å². The highest BCUT2D eigenvalue weighted by molar-refractivity contribution is 5.97. The van der Waals surface area contributed by atoms with Crippen molar-refractivity contribution in [1.29, 1.82) is 0 Å². The molecule has 1 aliphatic rings. The van der Waals surface area contributed by atoms with Crippen LogP contribution in [-0.2, 0) is 6.54 Å². The maximum atomic E-state index is 12.2. The van der Waals surface area contributed by atoms with E-state index in [1.807, 2.05) is 36.5 Å². The summed E-state index contributed by atoms with van der Waals surface area (Å²) in [7, 11) is 0. The Bertz CT molecular complexity index is 1420. The fraction of sp³-hybridized carbons (Fsp3) is 0.435. The lowest BCUT2D eigenvalue weighted by Gasteiger charge is -2.17. The Hall–Kier alpha value is -3.69. The van der Waals surface area contributed by atoms with Gasteiger partial charge in [-0.05, 0) is 59.2 Å². The highest BCUT2D eigenvalue weighted by Gasteiger charge is 2.25. The van der Waals surface area contributed by atoms with Gasteiger partial charge in [-0.25, -0.2) is 4.79 Å². The zero-order valence-electron chi connectivity index (χ0n) is 19.7. The number of fused-ring (bicyclic) bond motifs is 1. The number of aryl methyl sites for hydroxylation is 3. The zero-order chi connectivity index (χ0) is 23.4. The van der Waals surface area contributed by atoms with Crippen LogP contribution in [-0.4, -0.2) is 48.5 Å². The Morgan fingerprint density at radius 3 is 2.58 bits per heavy atom. The molecule has 3 aromatic heterocycles. The predicted octanol–water partition coefficient (Wildman–Crippen LogP) is 4.07. The first-order valence-electron chi connectivity index (χ1n) is 11.1. The molecule has 1 aliphatic heterocycles. The van der Waals surface area contributed by atoms with Crippen LogP contribution in [0.1, 0.15) is 36.7 Å². The summed E-state index contributed by atoms with van der Waals surface area (Å²) in [5.41, 5.74) is 7.75. The molecule has 0 bridgehead atoms. The normalized spacial score (nSPS) is 16.1. The van der Waals surface area contributed by atoms with Crippen molar-refractivity contribution in [3.63, 3.8) is 0 Å². The molecule has 0 aliphatic carbocycles. The van der Waals surface area contributed by atoms with Crippen molar-refractivity contribution in [2.45, 2.75) is 60.2 Å². The van der Waals surface area contributed by atoms with Crippen molar-refractivity contribution in [1.82, 2.24) is 29.9 Å². The summed E-state index contributed by atoms with van der Waals surface area (Å²) in [5.74, 6) is 0.737. The van der Waals surface area contributed by atoms with E-state index >= 15 is 0 Å². The second-order valence-electron chi connectivity index (χ2n) is 9.03. The summed E-state index contributed by atoms with van der Waals surface area (Å²) in [6.45, 7) is 13.5. The molecule has 10 heteroatoms. The van der Waals surface area contributed by atoms with E-state index in [0.29, 0.717) is 12.6 Å². The summed E-state index contributed by atoms with van der Waals surface area (Å²) in [4.78, 5) is 18.1. The maximum absolute atomic E-state index is 12.2. The van der Waals surface area contributed by atoms with Crippen molar-refractivity contribution in [2.75, 3.05) is 6.54 Å². The number of H-pyrrole nitrogens is 2. The lowest BCUT2D eigenvalue weighted by molar-refractivity contribution is 0.245. The molecule has 33 heavy (non-hydrogen) atoms. The predicted molar refractivity (Wildman–Crippen MR) is 125 cm³/mol. The van der Waals surface area contributed by atoms with Gasteiger partial charge in [0.15, 0.2) is 0 Å². The largest absolute Gasteiger partial charge is 0.361 e. The average Bonchev–Trinajstić information content (AvgIpc) is 3.50. The number of hydrogen-bond acceptors (Lipinski definition) is 7. The van der Waals surface area contributed by atoms with Crippen LogP contribution in [0.15, 0.2) is 31.8 Å². The first-order valence-corrected chi connectivity index (χ1v) is 11.1. The van der Waals surface area contributed by atoms with E-state index in [-0.39, 0.29) is 11.7 Å². The van der Waals surface area contributed by atoms with Crippen LogP contribution in [0.3, 0.4) is 0 Å². The Labute approximate surface area is 190 Å². The van der Waals surface area contributed by atoms with Crippen LogP contribution in [0.5, 0.6) is 0 Å². The first-order chi connectivity index (χ1) is 15.7. The molecule has 0 amide bonds. The standard InChI is InChI=1S/C23H28N8O2/c1-11(2)30-9-17(26-29-30)10-31-14(5)20(12(3)27-31)18-7-16(21-13(4)28-33-15(21)6)8-19-22(18)25-23(32)24-19/h7-8,11,17H,9-10H2,1-6H3,(H2,24,25,32). The minimum atomic E-state index is -0.245. The lowest BCUT2D eigenvalue weighted by atomic mass is 9.95. The van der Waals surface area contributed by atoms with Crippen molar-refractivity contribution in [3.05, 3.63) is 45.5 Å². The molecule has 10 nitrogen and oxygen atoms in total. The average molecular weight is 449 g/mol. The van der Waals surface area contributed by atoms with Crippen molar-refractivity contribution in [3.8, 4) is 22.3 Å². The molecule has 4 aromatic rings. The molecular weight excluding hydrogens is 420 g/mol. The fourth-order valence-electron chi connectivity index (χ4n) is 4.68. The van der Waals surface area contributed by atoms with Gasteiger partial charge in [0.2, 0.25) is 0 Å². The van der Waals surface area contributed by atoms with Crippen LogP contribution < -0.4 is 5.69 Å². The SMILES string of the molecule is Cc1noc(C)c1-c1cc(-c2c(C)nn(CC3CN(C(C)C)N=N3)c2C)c2[nH]c(=O)[nH]c2c1. The topological polar surface area (TPSA) is 120 Å². The Morgan fingerprint density at radius 1 is 1.12 bits per heavy atom. The molecule has 5 rings (SSSR count). The number of hydrogen-bond donors (Lipinski definition) is 2. The Kier molecular flexibility index (Phi) is 4.95. The van der Waals surface area contributed by atoms with Gasteiger partial charge in [-0.15, -0.1) is 0 Å². The third kappa shape index (κ3) is 3.55. The first kappa shape index (κ1) is 21.2. The van der Waals surface area contributed by atoms with Crippen molar-refractivity contribution < 1.29 is 4.52 Å². The molecule has 172 valence electrons. The molecule has 4 heterocycles. The van der Waals surface area contributed by atoms with Crippen LogP contribution in [0.4, 0.5) is 0 Å². The van der Waals surface area contributed by atoms with E-state index in [0.717, 1.165) is 62.7 Å². The zero-order valence-corrected chi connectivity index (χ0v) is 19.7. The Morgan fingerprint density at radius 2 is 1.91 bits per heavy atom. The molecule has 1 unspecified atom stereocenters. The number of rotatable bonds is 5. The minimum Gasteiger partial charge on any atom is -0.361 e. The third-order valence-electron chi connectivity index (χ3n) is 6.31. The molecule has 1 atom stereocenters. The van der Waals surface area contributed by atoms with Crippen molar-refractivity contribution in [2.24, 2.45) is 10.3 Å². The highest BCUT2D eigenvalue weighted by Crippen LogP contribution is 2.37. The van der Waals surface area contributed by atoms with Gasteiger partial charge in [-0.3, -0.25) is 9.69 Å². The number of benzene rings is 1. The van der Waals surface area contributed by atoms with E-state index < -0.39 is 0 Å². The smallest absolute Gasteiger partial charge is 0.323 e. The number of imidazole rings is 1. The maximum Gasteiger partial charge on any atom is 0.323 e. The quantitative estimate of drug-likeness (QED) is 0.477. The molecule has 0 saturated heterocycles. The van der Waals surface area contributed by atoms with Crippen LogP contribution in [0.25, 0.3) is 33.3 Å². The van der Waals surface area contributed by atoms with Gasteiger partial charge in [0, 0.05) is 28.4 Å². The van der Waals surface area contributed by atoms with Gasteiger partial charge in [-0.1, -0.05) is 10.4 Å². The van der Waals surface area contributed by atoms with Crippen LogP contribution >= 0.6 is 0 Å². The van der Waals surface area contributed by atoms with Gasteiger partial charge < -0.3 is 14.5 Å². The molecular formula is C23H28N8O2. The monoisotopic (exact) mass is 448 g/mol. The van der Waals surface area contributed by atoms with Gasteiger partial charge in [0.05, 0.1) is 35.5 Å². The molecule has 0 fully saturated rings. The van der Waals surface area contributed by atoms with Gasteiger partial charge in [0.1, 0.15) is 11.8 Å². The van der Waals surface area contributed by atoms with E-state index in [4.69, 9.17) is 9.62 Å². The summed E-state index contributed by atoms with van der Waals surface area (Å²) in [6, 6.07) is 4.41. The van der Waals surface area contributed by atoms with E-state index in [2.05, 4.69) is 52.3 Å². The minimum absolute atomic E-state index is 0.0546. The van der Waals surface area contributed by atoms with Crippen LogP contribution in [0, 0.1) is 27.7 Å². The third-order valence-corrected chi connectivity index (χ3v) is 6.31. The second kappa shape index (κ2) is 7.72. The molecule has 0 radical (unpaired) electrons. The number of aromatic nitrogens is 5. The second-order valence-corrected chi connectivity index (χ2v) is 9.03. The highest BCUT2D eigenvalue weighted by atomic mass is 16.5.